The molecule has 0 unspecified atom stereocenters. The fourth-order valence-electron chi connectivity index (χ4n) is 4.05. The first kappa shape index (κ1) is 11.8. The molecule has 0 spiro atoms. The van der Waals surface area contributed by atoms with Gasteiger partial charge in [0.05, 0.1) is 34.3 Å². The zero-order chi connectivity index (χ0) is 23.1. The lowest BCUT2D eigenvalue weighted by Crippen LogP contribution is -2.48. The van der Waals surface area contributed by atoms with Crippen LogP contribution in [-0.4, -0.2) is 54.4 Å². The van der Waals surface area contributed by atoms with Crippen molar-refractivity contribution in [2.24, 2.45) is 11.8 Å². The summed E-state index contributed by atoms with van der Waals surface area (Å²) in [5.74, 6) is -1.99. The van der Waals surface area contributed by atoms with Gasteiger partial charge in [0.2, 0.25) is 0 Å². The zero-order valence-corrected chi connectivity index (χ0v) is 14.1. The molecule has 0 saturated carbocycles. The summed E-state index contributed by atoms with van der Waals surface area (Å²) in [6.07, 6.45) is 0.593. The summed E-state index contributed by atoms with van der Waals surface area (Å²) in [5.41, 5.74) is 1.56. The Morgan fingerprint density at radius 2 is 2.12 bits per heavy atom. The van der Waals surface area contributed by atoms with Crippen molar-refractivity contribution in [1.82, 2.24) is 4.90 Å². The number of methoxy groups -OCH3 is 2. The van der Waals surface area contributed by atoms with Crippen molar-refractivity contribution in [3.05, 3.63) is 23.3 Å². The molecular formula is C19H27NO5. The molecule has 25 heavy (non-hydrogen) atoms. The molecule has 0 aromatic heterocycles. The predicted molar refractivity (Wildman–Crippen MR) is 93.1 cm³/mol. The van der Waals surface area contributed by atoms with Crippen LogP contribution in [0.1, 0.15) is 45.2 Å². The number of carbonyl (C=O) groups is 1. The maximum atomic E-state index is 11.2. The predicted octanol–water partition coefficient (Wildman–Crippen LogP) is 2.09. The van der Waals surface area contributed by atoms with Crippen LogP contribution in [-0.2, 0) is 11.2 Å². The molecular weight excluding hydrogens is 322 g/mol. The van der Waals surface area contributed by atoms with Gasteiger partial charge in [-0.05, 0) is 48.4 Å². The molecule has 4 atom stereocenters. The molecule has 0 aliphatic carbocycles. The number of aliphatic hydroxyl groups excluding tert-OH is 1. The third-order valence-corrected chi connectivity index (χ3v) is 5.45. The highest BCUT2D eigenvalue weighted by Gasteiger charge is 2.39. The molecule has 1 aromatic rings. The largest absolute Gasteiger partial charge is 0.493 e. The molecule has 0 radical (unpaired) electrons. The summed E-state index contributed by atoms with van der Waals surface area (Å²) in [6, 6.07) is 2.79. The van der Waals surface area contributed by atoms with Gasteiger partial charge >= 0.3 is 5.97 Å². The second-order valence-corrected chi connectivity index (χ2v) is 7.00. The van der Waals surface area contributed by atoms with Crippen molar-refractivity contribution >= 4 is 5.97 Å². The molecule has 6 nitrogen and oxygen atoms in total. The van der Waals surface area contributed by atoms with Gasteiger partial charge in [0.1, 0.15) is 0 Å². The SMILES string of the molecule is [2H]C([2H])([2H])Oc1cc2c(cc1OC([2H])([2H])[2H])[C@@H]1C[C@@H](O)[C@@H](C[C@@H](C)C(=O)O)CN1CC2. The number of hydrogen-bond acceptors (Lipinski definition) is 5. The van der Waals surface area contributed by atoms with Crippen molar-refractivity contribution < 1.29 is 32.7 Å². The van der Waals surface area contributed by atoms with Gasteiger partial charge < -0.3 is 19.7 Å². The third-order valence-electron chi connectivity index (χ3n) is 5.45. The summed E-state index contributed by atoms with van der Waals surface area (Å²) in [6.45, 7) is 2.79. The molecule has 2 N–H and O–H groups in total. The number of ether oxygens (including phenoxy) is 2. The van der Waals surface area contributed by atoms with E-state index in [-0.39, 0.29) is 23.5 Å². The molecule has 1 saturated heterocycles. The number of benzene rings is 1. The Kier molecular flexibility index (Phi) is 3.39. The van der Waals surface area contributed by atoms with Crippen molar-refractivity contribution in [1.29, 1.82) is 0 Å². The summed E-state index contributed by atoms with van der Waals surface area (Å²) in [5, 5.41) is 19.9. The van der Waals surface area contributed by atoms with E-state index in [2.05, 4.69) is 4.90 Å². The van der Waals surface area contributed by atoms with Gasteiger partial charge in [0.15, 0.2) is 11.5 Å². The maximum absolute atomic E-state index is 11.2. The monoisotopic (exact) mass is 355 g/mol. The number of piperidine rings is 1. The molecule has 138 valence electrons. The van der Waals surface area contributed by atoms with Crippen LogP contribution in [0.2, 0.25) is 0 Å². The summed E-state index contributed by atoms with van der Waals surface area (Å²) in [7, 11) is -5.56. The maximum Gasteiger partial charge on any atom is 0.306 e. The molecule has 1 fully saturated rings. The molecule has 2 aliphatic heterocycles. The van der Waals surface area contributed by atoms with E-state index in [0.717, 1.165) is 11.1 Å². The zero-order valence-electron chi connectivity index (χ0n) is 20.1. The Bertz CT molecular complexity index is 827. The van der Waals surface area contributed by atoms with E-state index in [4.69, 9.17) is 17.7 Å². The number of fused-ring (bicyclic) bond motifs is 3. The molecule has 3 rings (SSSR count). The molecule has 2 aliphatic rings. The lowest BCUT2D eigenvalue weighted by atomic mass is 9.79. The fraction of sp³-hybridized carbons (Fsp3) is 0.632. The van der Waals surface area contributed by atoms with Crippen LogP contribution in [0.5, 0.6) is 11.5 Å². The Hall–Kier alpha value is -1.79. The number of nitrogens with zero attached hydrogens (tertiary/aromatic N) is 1. The van der Waals surface area contributed by atoms with Crippen LogP contribution in [0.15, 0.2) is 12.1 Å². The van der Waals surface area contributed by atoms with E-state index in [1.165, 1.54) is 12.1 Å². The van der Waals surface area contributed by atoms with Crippen LogP contribution in [0.3, 0.4) is 0 Å². The highest BCUT2D eigenvalue weighted by atomic mass is 16.5. The van der Waals surface area contributed by atoms with Gasteiger partial charge in [-0.3, -0.25) is 9.69 Å². The molecule has 6 heteroatoms. The van der Waals surface area contributed by atoms with Crippen LogP contribution >= 0.6 is 0 Å². The number of carboxylic acid groups (broad SMARTS) is 1. The lowest BCUT2D eigenvalue weighted by Gasteiger charge is -2.46. The average Bonchev–Trinajstić information content (AvgIpc) is 2.60. The fourth-order valence-corrected chi connectivity index (χ4v) is 4.05. The van der Waals surface area contributed by atoms with Crippen molar-refractivity contribution in [2.45, 2.75) is 38.3 Å². The smallest absolute Gasteiger partial charge is 0.306 e. The quantitative estimate of drug-likeness (QED) is 0.842. The summed E-state index contributed by atoms with van der Waals surface area (Å²) in [4.78, 5) is 13.4. The van der Waals surface area contributed by atoms with E-state index in [1.54, 1.807) is 6.92 Å². The number of aliphatic carboxylic acids is 1. The molecule has 0 bridgehead atoms. The normalized spacial score (nSPS) is 31.7. The Morgan fingerprint density at radius 3 is 2.80 bits per heavy atom. The third kappa shape index (κ3) is 3.46. The Labute approximate surface area is 156 Å². The van der Waals surface area contributed by atoms with E-state index in [1.807, 2.05) is 0 Å². The van der Waals surface area contributed by atoms with Gasteiger partial charge in [-0.2, -0.15) is 0 Å². The van der Waals surface area contributed by atoms with E-state index in [9.17, 15) is 15.0 Å². The van der Waals surface area contributed by atoms with Crippen LogP contribution in [0.25, 0.3) is 0 Å². The van der Waals surface area contributed by atoms with Crippen molar-refractivity contribution in [2.75, 3.05) is 27.2 Å². The minimum atomic E-state index is -2.79. The molecule has 1 aromatic carbocycles. The van der Waals surface area contributed by atoms with Crippen LogP contribution < -0.4 is 9.47 Å². The van der Waals surface area contributed by atoms with Gasteiger partial charge in [0, 0.05) is 19.1 Å². The van der Waals surface area contributed by atoms with Crippen LogP contribution in [0.4, 0.5) is 0 Å². The van der Waals surface area contributed by atoms with E-state index in [0.29, 0.717) is 32.4 Å². The number of hydrogen-bond donors (Lipinski definition) is 2. The summed E-state index contributed by atoms with van der Waals surface area (Å²) < 4.78 is 54.3. The Balaban J connectivity index is 1.90. The first-order valence-electron chi connectivity index (χ1n) is 11.4. The van der Waals surface area contributed by atoms with E-state index < -0.39 is 32.1 Å². The molecule has 0 amide bonds. The average molecular weight is 355 g/mol. The van der Waals surface area contributed by atoms with Gasteiger partial charge in [-0.1, -0.05) is 6.92 Å². The van der Waals surface area contributed by atoms with Gasteiger partial charge in [-0.25, -0.2) is 0 Å². The highest BCUT2D eigenvalue weighted by molar-refractivity contribution is 5.69. The Morgan fingerprint density at radius 1 is 1.40 bits per heavy atom. The number of carboxylic acids is 1. The minimum Gasteiger partial charge on any atom is -0.493 e. The van der Waals surface area contributed by atoms with E-state index >= 15 is 0 Å². The minimum absolute atomic E-state index is 0.159. The van der Waals surface area contributed by atoms with Crippen molar-refractivity contribution in [3.63, 3.8) is 0 Å². The van der Waals surface area contributed by atoms with Crippen molar-refractivity contribution in [3.8, 4) is 11.5 Å². The lowest BCUT2D eigenvalue weighted by molar-refractivity contribution is -0.142. The van der Waals surface area contributed by atoms with Gasteiger partial charge in [-0.15, -0.1) is 0 Å². The standard InChI is InChI=1S/C19H27NO5/c1-11(19(22)23)6-13-10-20-5-4-12-7-17(24-2)18(25-3)8-14(12)15(20)9-16(13)21/h7-8,11,13,15-16,21H,4-6,9-10H2,1-3H3,(H,22,23)/t11-,13+,15+,16-/m1/s1/i2D3,3D3. The highest BCUT2D eigenvalue weighted by Crippen LogP contribution is 2.43. The van der Waals surface area contributed by atoms with Crippen LogP contribution in [0, 0.1) is 11.8 Å². The first-order valence-corrected chi connectivity index (χ1v) is 8.43. The second-order valence-electron chi connectivity index (χ2n) is 7.00. The topological polar surface area (TPSA) is 79.2 Å². The summed E-state index contributed by atoms with van der Waals surface area (Å²) >= 11 is 0. The molecule has 2 heterocycles. The second kappa shape index (κ2) is 7.22. The number of rotatable bonds is 5. The first-order chi connectivity index (χ1) is 14.2. The van der Waals surface area contributed by atoms with Gasteiger partial charge in [0.25, 0.3) is 0 Å². The number of aliphatic hydroxyl groups is 1.